The van der Waals surface area contributed by atoms with Crippen molar-refractivity contribution in [2.45, 2.75) is 31.6 Å². The van der Waals surface area contributed by atoms with E-state index in [0.29, 0.717) is 24.7 Å². The number of carbonyl (C=O) groups excluding carboxylic acids is 1. The number of aryl methyl sites for hydroxylation is 2. The molecule has 29 heavy (non-hydrogen) atoms. The number of fused-ring (bicyclic) bond motifs is 1. The third-order valence-corrected chi connectivity index (χ3v) is 5.96. The topological polar surface area (TPSA) is 62.5 Å². The minimum absolute atomic E-state index is 0.0469. The zero-order chi connectivity index (χ0) is 20.0. The number of nitrogens with zero attached hydrogens (tertiary/aromatic N) is 4. The first kappa shape index (κ1) is 17.9. The highest BCUT2D eigenvalue weighted by Gasteiger charge is 2.35. The average molecular weight is 388 g/mol. The monoisotopic (exact) mass is 388 g/mol. The maximum Gasteiger partial charge on any atom is 0.257 e. The highest BCUT2D eigenvalue weighted by atomic mass is 16.5. The molecule has 0 saturated carbocycles. The van der Waals surface area contributed by atoms with Crippen molar-refractivity contribution in [3.63, 3.8) is 0 Å². The lowest BCUT2D eigenvalue weighted by molar-refractivity contribution is -0.117. The van der Waals surface area contributed by atoms with E-state index in [1.165, 1.54) is 17.5 Å². The second-order valence-electron chi connectivity index (χ2n) is 8.11. The number of rotatable bonds is 4. The van der Waals surface area contributed by atoms with Gasteiger partial charge in [-0.05, 0) is 66.8 Å². The molecule has 0 spiro atoms. The number of aromatic nitrogens is 2. The summed E-state index contributed by atoms with van der Waals surface area (Å²) in [6.45, 7) is 0.593. The lowest BCUT2D eigenvalue weighted by atomic mass is 10.1. The summed E-state index contributed by atoms with van der Waals surface area (Å²) >= 11 is 0. The standard InChI is InChI=1S/C23H24N4O2/c1-26(2)19-9-7-16(8-10-19)23-24-22(25-29-23)18-13-21(28)27(14-18)20-11-6-15-4-3-5-17(15)12-20/h6-12,18H,3-5,13-14H2,1-2H3. The van der Waals surface area contributed by atoms with Gasteiger partial charge in [0, 0.05) is 49.9 Å². The lowest BCUT2D eigenvalue weighted by Crippen LogP contribution is -2.24. The maximum absolute atomic E-state index is 12.7. The molecule has 2 aliphatic rings. The molecule has 1 amide bonds. The molecular weight excluding hydrogens is 364 g/mol. The van der Waals surface area contributed by atoms with Crippen molar-refractivity contribution < 1.29 is 9.32 Å². The van der Waals surface area contributed by atoms with Crippen molar-refractivity contribution >= 4 is 17.3 Å². The Morgan fingerprint density at radius 2 is 1.86 bits per heavy atom. The van der Waals surface area contributed by atoms with Crippen LogP contribution in [0.25, 0.3) is 11.5 Å². The van der Waals surface area contributed by atoms with Gasteiger partial charge in [0.25, 0.3) is 5.89 Å². The van der Waals surface area contributed by atoms with E-state index in [0.717, 1.165) is 29.8 Å². The predicted molar refractivity (Wildman–Crippen MR) is 112 cm³/mol. The van der Waals surface area contributed by atoms with Gasteiger partial charge >= 0.3 is 0 Å². The molecule has 0 radical (unpaired) electrons. The largest absolute Gasteiger partial charge is 0.378 e. The van der Waals surface area contributed by atoms with Gasteiger partial charge in [0.2, 0.25) is 5.91 Å². The van der Waals surface area contributed by atoms with Crippen LogP contribution in [0.15, 0.2) is 47.0 Å². The fourth-order valence-corrected chi connectivity index (χ4v) is 4.28. The van der Waals surface area contributed by atoms with Crippen molar-refractivity contribution in [1.82, 2.24) is 10.1 Å². The van der Waals surface area contributed by atoms with Gasteiger partial charge in [-0.3, -0.25) is 4.79 Å². The second kappa shape index (κ2) is 7.03. The zero-order valence-corrected chi connectivity index (χ0v) is 16.8. The van der Waals surface area contributed by atoms with Crippen molar-refractivity contribution in [1.29, 1.82) is 0 Å². The molecule has 1 unspecified atom stereocenters. The summed E-state index contributed by atoms with van der Waals surface area (Å²) < 4.78 is 5.50. The minimum atomic E-state index is -0.0469. The Labute approximate surface area is 170 Å². The summed E-state index contributed by atoms with van der Waals surface area (Å²) in [5.74, 6) is 1.17. The fraction of sp³-hybridized carbons (Fsp3) is 0.348. The lowest BCUT2D eigenvalue weighted by Gasteiger charge is -2.17. The number of amides is 1. The van der Waals surface area contributed by atoms with Gasteiger partial charge in [0.05, 0.1) is 0 Å². The van der Waals surface area contributed by atoms with Crippen LogP contribution in [0.1, 0.15) is 35.7 Å². The molecule has 1 aliphatic heterocycles. The van der Waals surface area contributed by atoms with Gasteiger partial charge in [-0.1, -0.05) is 11.2 Å². The summed E-state index contributed by atoms with van der Waals surface area (Å²) in [5.41, 5.74) is 5.77. The molecule has 6 nitrogen and oxygen atoms in total. The third-order valence-electron chi connectivity index (χ3n) is 5.96. The maximum atomic E-state index is 12.7. The van der Waals surface area contributed by atoms with Crippen LogP contribution >= 0.6 is 0 Å². The van der Waals surface area contributed by atoms with E-state index in [1.54, 1.807) is 0 Å². The van der Waals surface area contributed by atoms with Crippen molar-refractivity contribution in [2.75, 3.05) is 30.4 Å². The molecule has 6 heteroatoms. The number of benzene rings is 2. The van der Waals surface area contributed by atoms with Gasteiger partial charge in [0.15, 0.2) is 5.82 Å². The number of carbonyl (C=O) groups is 1. The van der Waals surface area contributed by atoms with Gasteiger partial charge in [-0.2, -0.15) is 4.98 Å². The van der Waals surface area contributed by atoms with Crippen LogP contribution in [0, 0.1) is 0 Å². The van der Waals surface area contributed by atoms with Crippen LogP contribution < -0.4 is 9.80 Å². The van der Waals surface area contributed by atoms with Gasteiger partial charge in [0.1, 0.15) is 0 Å². The molecule has 1 fully saturated rings. The van der Waals surface area contributed by atoms with Crippen LogP contribution in [0.4, 0.5) is 11.4 Å². The molecule has 5 rings (SSSR count). The van der Waals surface area contributed by atoms with Gasteiger partial charge in [-0.15, -0.1) is 0 Å². The molecule has 0 N–H and O–H groups in total. The van der Waals surface area contributed by atoms with E-state index < -0.39 is 0 Å². The first-order chi connectivity index (χ1) is 14.1. The van der Waals surface area contributed by atoms with Crippen molar-refractivity contribution in [3.05, 3.63) is 59.4 Å². The molecule has 2 heterocycles. The first-order valence-electron chi connectivity index (χ1n) is 10.1. The Hall–Kier alpha value is -3.15. The summed E-state index contributed by atoms with van der Waals surface area (Å²) in [7, 11) is 4.01. The number of anilines is 2. The molecule has 0 bridgehead atoms. The van der Waals surface area contributed by atoms with Crippen molar-refractivity contribution in [3.8, 4) is 11.5 Å². The second-order valence-corrected chi connectivity index (χ2v) is 8.11. The zero-order valence-electron chi connectivity index (χ0n) is 16.8. The highest BCUT2D eigenvalue weighted by Crippen LogP contribution is 2.34. The van der Waals surface area contributed by atoms with Crippen molar-refractivity contribution in [2.24, 2.45) is 0 Å². The minimum Gasteiger partial charge on any atom is -0.378 e. The molecule has 1 saturated heterocycles. The predicted octanol–water partition coefficient (Wildman–Crippen LogP) is 3.81. The molecule has 3 aromatic rings. The highest BCUT2D eigenvalue weighted by molar-refractivity contribution is 5.96. The summed E-state index contributed by atoms with van der Waals surface area (Å²) in [6, 6.07) is 14.4. The molecule has 1 atom stereocenters. The molecule has 2 aromatic carbocycles. The Kier molecular flexibility index (Phi) is 4.34. The Morgan fingerprint density at radius 1 is 1.07 bits per heavy atom. The van der Waals surface area contributed by atoms with E-state index in [2.05, 4.69) is 28.3 Å². The van der Waals surface area contributed by atoms with Crippen LogP contribution in [0.5, 0.6) is 0 Å². The Morgan fingerprint density at radius 3 is 2.66 bits per heavy atom. The average Bonchev–Trinajstić information content (AvgIpc) is 3.46. The molecule has 1 aromatic heterocycles. The van der Waals surface area contributed by atoms with E-state index in [-0.39, 0.29) is 11.8 Å². The van der Waals surface area contributed by atoms with Crippen LogP contribution in [0.3, 0.4) is 0 Å². The van der Waals surface area contributed by atoms with E-state index in [1.807, 2.05) is 48.2 Å². The van der Waals surface area contributed by atoms with Gasteiger partial charge in [-0.25, -0.2) is 0 Å². The van der Waals surface area contributed by atoms with Gasteiger partial charge < -0.3 is 14.3 Å². The fourth-order valence-electron chi connectivity index (χ4n) is 4.28. The van der Waals surface area contributed by atoms with E-state index in [9.17, 15) is 4.79 Å². The number of hydrogen-bond acceptors (Lipinski definition) is 5. The van der Waals surface area contributed by atoms with Crippen LogP contribution in [0.2, 0.25) is 0 Å². The SMILES string of the molecule is CN(C)c1ccc(-c2nc(C3CC(=O)N(c4ccc5c(c4)CCC5)C3)no2)cc1. The summed E-state index contributed by atoms with van der Waals surface area (Å²) in [6.07, 6.45) is 3.87. The summed E-state index contributed by atoms with van der Waals surface area (Å²) in [4.78, 5) is 21.2. The molecule has 1 aliphatic carbocycles. The molecule has 148 valence electrons. The normalized spacial score (nSPS) is 18.3. The smallest absolute Gasteiger partial charge is 0.257 e. The van der Waals surface area contributed by atoms with E-state index in [4.69, 9.17) is 4.52 Å². The summed E-state index contributed by atoms with van der Waals surface area (Å²) in [5, 5.41) is 4.18. The third kappa shape index (κ3) is 3.28. The quantitative estimate of drug-likeness (QED) is 0.680. The van der Waals surface area contributed by atoms with Crippen LogP contribution in [-0.4, -0.2) is 36.7 Å². The Balaban J connectivity index is 1.34. The molecular formula is C23H24N4O2. The first-order valence-corrected chi connectivity index (χ1v) is 10.1. The Bertz CT molecular complexity index is 1050. The number of hydrogen-bond donors (Lipinski definition) is 0. The van der Waals surface area contributed by atoms with Crippen LogP contribution in [-0.2, 0) is 17.6 Å². The van der Waals surface area contributed by atoms with E-state index >= 15 is 0 Å².